The van der Waals surface area contributed by atoms with E-state index in [1.165, 1.54) is 6.07 Å². The smallest absolute Gasteiger partial charge is 0.335 e. The highest BCUT2D eigenvalue weighted by Crippen LogP contribution is 2.18. The zero-order chi connectivity index (χ0) is 12.3. The van der Waals surface area contributed by atoms with Gasteiger partial charge in [-0.3, -0.25) is 0 Å². The third kappa shape index (κ3) is 2.52. The van der Waals surface area contributed by atoms with E-state index in [0.717, 1.165) is 6.07 Å². The van der Waals surface area contributed by atoms with Crippen LogP contribution in [-0.2, 0) is 6.42 Å². The summed E-state index contributed by atoms with van der Waals surface area (Å²) in [6.45, 7) is 1.65. The van der Waals surface area contributed by atoms with Crippen LogP contribution in [0.5, 0.6) is 0 Å². The number of carboxylic acids is 2. The first-order valence-corrected chi connectivity index (χ1v) is 5.17. The average Bonchev–Trinajstić information content (AvgIpc) is 2.20. The summed E-state index contributed by atoms with van der Waals surface area (Å²) in [4.78, 5) is 21.7. The Labute approximate surface area is 97.5 Å². The first-order chi connectivity index (χ1) is 7.47. The molecule has 0 saturated heterocycles. The van der Waals surface area contributed by atoms with E-state index in [1.54, 1.807) is 6.92 Å². The van der Waals surface area contributed by atoms with Crippen LogP contribution in [0.4, 0.5) is 0 Å². The zero-order valence-electron chi connectivity index (χ0n) is 8.66. The van der Waals surface area contributed by atoms with E-state index in [1.807, 2.05) is 0 Å². The van der Waals surface area contributed by atoms with Gasteiger partial charge >= 0.3 is 11.9 Å². The molecule has 0 aliphatic heterocycles. The Bertz CT molecular complexity index is 440. The number of carboxylic acid groups (broad SMARTS) is 2. The second kappa shape index (κ2) is 4.99. The predicted octanol–water partition coefficient (Wildman–Crippen LogP) is 2.17. The summed E-state index contributed by atoms with van der Waals surface area (Å²) in [5.74, 6) is -1.95. The van der Waals surface area contributed by atoms with Gasteiger partial charge in [0.1, 0.15) is 0 Å². The molecule has 0 amide bonds. The molecule has 0 radical (unpaired) electrons. The van der Waals surface area contributed by atoms with E-state index >= 15 is 0 Å². The van der Waals surface area contributed by atoms with Crippen molar-refractivity contribution in [3.05, 3.63) is 34.4 Å². The van der Waals surface area contributed by atoms with E-state index in [9.17, 15) is 9.59 Å². The molecular formula is C11H11ClO4. The number of rotatable bonds is 4. The van der Waals surface area contributed by atoms with Gasteiger partial charge in [0.15, 0.2) is 0 Å². The summed E-state index contributed by atoms with van der Waals surface area (Å²) in [6, 6.07) is 2.63. The standard InChI is InChI=1S/C11H11ClO4/c1-6-7(2-3-12)4-8(10(13)14)5-9(6)11(15)16/h4-5H,2-3H2,1H3,(H,13,14)(H,15,16). The van der Waals surface area contributed by atoms with Crippen LogP contribution in [0.15, 0.2) is 12.1 Å². The van der Waals surface area contributed by atoms with Crippen LogP contribution in [-0.4, -0.2) is 28.0 Å². The van der Waals surface area contributed by atoms with Gasteiger partial charge in [-0.25, -0.2) is 9.59 Å². The normalized spacial score (nSPS) is 10.1. The zero-order valence-corrected chi connectivity index (χ0v) is 9.41. The maximum absolute atomic E-state index is 10.9. The van der Waals surface area contributed by atoms with Gasteiger partial charge in [0, 0.05) is 5.88 Å². The Balaban J connectivity index is 3.38. The lowest BCUT2D eigenvalue weighted by atomic mass is 9.97. The number of aromatic carboxylic acids is 2. The third-order valence-corrected chi connectivity index (χ3v) is 2.55. The van der Waals surface area contributed by atoms with Crippen molar-refractivity contribution in [1.29, 1.82) is 0 Å². The van der Waals surface area contributed by atoms with Crippen molar-refractivity contribution in [3.8, 4) is 0 Å². The van der Waals surface area contributed by atoms with E-state index in [0.29, 0.717) is 23.4 Å². The highest BCUT2D eigenvalue weighted by Gasteiger charge is 2.15. The molecule has 1 rings (SSSR count). The fourth-order valence-electron chi connectivity index (χ4n) is 1.48. The van der Waals surface area contributed by atoms with Gasteiger partial charge < -0.3 is 10.2 Å². The predicted molar refractivity (Wildman–Crippen MR) is 59.5 cm³/mol. The number of hydrogen-bond donors (Lipinski definition) is 2. The number of alkyl halides is 1. The summed E-state index contributed by atoms with van der Waals surface area (Å²) in [5.41, 5.74) is 1.22. The van der Waals surface area contributed by atoms with Crippen molar-refractivity contribution in [1.82, 2.24) is 0 Å². The van der Waals surface area contributed by atoms with Crippen LogP contribution in [0.25, 0.3) is 0 Å². The molecule has 16 heavy (non-hydrogen) atoms. The molecule has 0 fully saturated rings. The van der Waals surface area contributed by atoms with Crippen LogP contribution < -0.4 is 0 Å². The summed E-state index contributed by atoms with van der Waals surface area (Å²) in [7, 11) is 0. The number of aryl methyl sites for hydroxylation is 1. The molecule has 4 nitrogen and oxygen atoms in total. The summed E-state index contributed by atoms with van der Waals surface area (Å²) < 4.78 is 0. The third-order valence-electron chi connectivity index (χ3n) is 2.36. The SMILES string of the molecule is Cc1c(CCCl)cc(C(=O)O)cc1C(=O)O. The van der Waals surface area contributed by atoms with E-state index in [2.05, 4.69) is 0 Å². The molecule has 1 aromatic rings. The largest absolute Gasteiger partial charge is 0.478 e. The number of carbonyl (C=O) groups is 2. The first-order valence-electron chi connectivity index (χ1n) is 4.63. The quantitative estimate of drug-likeness (QED) is 0.794. The van der Waals surface area contributed by atoms with Gasteiger partial charge in [0.05, 0.1) is 11.1 Å². The minimum atomic E-state index is -1.14. The van der Waals surface area contributed by atoms with Crippen LogP contribution in [0.2, 0.25) is 0 Å². The second-order valence-electron chi connectivity index (χ2n) is 3.36. The fraction of sp³-hybridized carbons (Fsp3) is 0.273. The summed E-state index contributed by atoms with van der Waals surface area (Å²) in [5, 5.41) is 17.8. The van der Waals surface area contributed by atoms with E-state index in [4.69, 9.17) is 21.8 Å². The van der Waals surface area contributed by atoms with E-state index < -0.39 is 11.9 Å². The highest BCUT2D eigenvalue weighted by atomic mass is 35.5. The summed E-state index contributed by atoms with van der Waals surface area (Å²) in [6.07, 6.45) is 0.453. The van der Waals surface area contributed by atoms with Crippen molar-refractivity contribution in [2.45, 2.75) is 13.3 Å². The molecule has 0 atom stereocenters. The maximum Gasteiger partial charge on any atom is 0.335 e. The molecule has 5 heteroatoms. The molecular weight excluding hydrogens is 232 g/mol. The van der Waals surface area contributed by atoms with Gasteiger partial charge in [-0.1, -0.05) is 0 Å². The Morgan fingerprint density at radius 2 is 1.88 bits per heavy atom. The monoisotopic (exact) mass is 242 g/mol. The van der Waals surface area contributed by atoms with Crippen molar-refractivity contribution >= 4 is 23.5 Å². The molecule has 0 spiro atoms. The average molecular weight is 243 g/mol. The maximum atomic E-state index is 10.9. The highest BCUT2D eigenvalue weighted by molar-refractivity contribution is 6.18. The van der Waals surface area contributed by atoms with Crippen LogP contribution in [0, 0.1) is 6.92 Å². The van der Waals surface area contributed by atoms with Crippen molar-refractivity contribution in [2.24, 2.45) is 0 Å². The van der Waals surface area contributed by atoms with Gasteiger partial charge in [0.2, 0.25) is 0 Å². The van der Waals surface area contributed by atoms with Crippen molar-refractivity contribution < 1.29 is 19.8 Å². The number of hydrogen-bond acceptors (Lipinski definition) is 2. The van der Waals surface area contributed by atoms with Crippen LogP contribution in [0.3, 0.4) is 0 Å². The molecule has 0 saturated carbocycles. The van der Waals surface area contributed by atoms with Gasteiger partial charge in [0.25, 0.3) is 0 Å². The molecule has 0 bridgehead atoms. The number of benzene rings is 1. The lowest BCUT2D eigenvalue weighted by Gasteiger charge is -2.09. The fourth-order valence-corrected chi connectivity index (χ4v) is 1.69. The van der Waals surface area contributed by atoms with Gasteiger partial charge in [-0.2, -0.15) is 0 Å². The Hall–Kier alpha value is -1.55. The molecule has 0 unspecified atom stereocenters. The minimum absolute atomic E-state index is 0.0139. The molecule has 0 aliphatic carbocycles. The molecule has 2 N–H and O–H groups in total. The molecule has 86 valence electrons. The van der Waals surface area contributed by atoms with Gasteiger partial charge in [-0.15, -0.1) is 11.6 Å². The topological polar surface area (TPSA) is 74.6 Å². The lowest BCUT2D eigenvalue weighted by molar-refractivity contribution is 0.0695. The second-order valence-corrected chi connectivity index (χ2v) is 3.74. The van der Waals surface area contributed by atoms with Gasteiger partial charge in [-0.05, 0) is 36.6 Å². The molecule has 1 aromatic carbocycles. The molecule has 0 aromatic heterocycles. The Morgan fingerprint density at radius 1 is 1.25 bits per heavy atom. The number of halogens is 1. The lowest BCUT2D eigenvalue weighted by Crippen LogP contribution is -2.08. The Morgan fingerprint density at radius 3 is 2.31 bits per heavy atom. The molecule has 0 aliphatic rings. The molecule has 0 heterocycles. The summed E-state index contributed by atoms with van der Waals surface area (Å²) >= 11 is 5.58. The van der Waals surface area contributed by atoms with Crippen LogP contribution in [0.1, 0.15) is 31.8 Å². The van der Waals surface area contributed by atoms with Crippen LogP contribution >= 0.6 is 11.6 Å². The minimum Gasteiger partial charge on any atom is -0.478 e. The first kappa shape index (κ1) is 12.5. The van der Waals surface area contributed by atoms with Crippen molar-refractivity contribution in [3.63, 3.8) is 0 Å². The Kier molecular flexibility index (Phi) is 3.90. The van der Waals surface area contributed by atoms with Crippen molar-refractivity contribution in [2.75, 3.05) is 5.88 Å². The van der Waals surface area contributed by atoms with E-state index in [-0.39, 0.29) is 11.1 Å².